The molecule has 0 heterocycles. The monoisotopic (exact) mass is 332 g/mol. The lowest BCUT2D eigenvalue weighted by molar-refractivity contribution is -0.123. The number of rotatable bonds is 7. The summed E-state index contributed by atoms with van der Waals surface area (Å²) >= 11 is 0. The summed E-state index contributed by atoms with van der Waals surface area (Å²) in [5.41, 5.74) is 0.923. The molecule has 0 bridgehead atoms. The molecule has 0 radical (unpaired) electrons. The van der Waals surface area contributed by atoms with E-state index >= 15 is 0 Å². The summed E-state index contributed by atoms with van der Waals surface area (Å²) < 4.78 is 34.3. The standard InChI is InChI=1S/C17H14F2N2O3/c18-17(19)24-15-4-2-1-3-13(15)10-21-16(22)11-23-14-7-5-12(9-20)6-8-14/h1-8,17H,10-11H2,(H,21,22). The summed E-state index contributed by atoms with van der Waals surface area (Å²) in [6.07, 6.45) is 0. The van der Waals surface area contributed by atoms with Gasteiger partial charge in [0.15, 0.2) is 6.61 Å². The van der Waals surface area contributed by atoms with Gasteiger partial charge in [0.2, 0.25) is 0 Å². The van der Waals surface area contributed by atoms with Gasteiger partial charge in [0.25, 0.3) is 5.91 Å². The second kappa shape index (κ2) is 8.48. The van der Waals surface area contributed by atoms with E-state index in [1.807, 2.05) is 6.07 Å². The van der Waals surface area contributed by atoms with Gasteiger partial charge in [-0.25, -0.2) is 0 Å². The number of amides is 1. The Hall–Kier alpha value is -3.14. The van der Waals surface area contributed by atoms with Gasteiger partial charge < -0.3 is 14.8 Å². The van der Waals surface area contributed by atoms with Crippen LogP contribution in [0.5, 0.6) is 11.5 Å². The Bertz CT molecular complexity index is 727. The van der Waals surface area contributed by atoms with Crippen LogP contribution in [0.1, 0.15) is 11.1 Å². The molecule has 0 aliphatic carbocycles. The van der Waals surface area contributed by atoms with Crippen molar-refractivity contribution in [2.75, 3.05) is 6.61 Å². The third-order valence-corrected chi connectivity index (χ3v) is 3.02. The molecule has 124 valence electrons. The lowest BCUT2D eigenvalue weighted by Crippen LogP contribution is -2.28. The van der Waals surface area contributed by atoms with E-state index in [1.165, 1.54) is 6.07 Å². The number of hydrogen-bond donors (Lipinski definition) is 1. The zero-order chi connectivity index (χ0) is 17.4. The number of nitrogens with zero attached hydrogens (tertiary/aromatic N) is 1. The van der Waals surface area contributed by atoms with Crippen LogP contribution in [0.25, 0.3) is 0 Å². The fraction of sp³-hybridized carbons (Fsp3) is 0.176. The van der Waals surface area contributed by atoms with Crippen LogP contribution < -0.4 is 14.8 Å². The molecule has 0 saturated heterocycles. The molecule has 0 aliphatic rings. The van der Waals surface area contributed by atoms with Crippen molar-refractivity contribution in [2.45, 2.75) is 13.2 Å². The van der Waals surface area contributed by atoms with Crippen LogP contribution in [0, 0.1) is 11.3 Å². The lowest BCUT2D eigenvalue weighted by Gasteiger charge is -2.11. The molecule has 1 amide bonds. The Labute approximate surface area is 137 Å². The molecule has 2 aromatic rings. The maximum Gasteiger partial charge on any atom is 0.387 e. The van der Waals surface area contributed by atoms with Crippen molar-refractivity contribution in [2.24, 2.45) is 0 Å². The minimum absolute atomic E-state index is 0.0146. The first-order valence-corrected chi connectivity index (χ1v) is 7.01. The molecule has 0 atom stereocenters. The number of nitrogens with one attached hydrogen (secondary N) is 1. The van der Waals surface area contributed by atoms with E-state index in [1.54, 1.807) is 42.5 Å². The highest BCUT2D eigenvalue weighted by Gasteiger charge is 2.10. The number of hydrogen-bond acceptors (Lipinski definition) is 4. The quantitative estimate of drug-likeness (QED) is 0.846. The van der Waals surface area contributed by atoms with E-state index < -0.39 is 12.5 Å². The molecule has 2 rings (SSSR count). The maximum atomic E-state index is 12.3. The number of alkyl halides is 2. The van der Waals surface area contributed by atoms with Gasteiger partial charge in [-0.05, 0) is 30.3 Å². The predicted molar refractivity (Wildman–Crippen MR) is 81.6 cm³/mol. The third-order valence-electron chi connectivity index (χ3n) is 3.02. The minimum atomic E-state index is -2.93. The highest BCUT2D eigenvalue weighted by Crippen LogP contribution is 2.20. The molecule has 7 heteroatoms. The molecule has 0 aliphatic heterocycles. The second-order valence-corrected chi connectivity index (χ2v) is 4.69. The van der Waals surface area contributed by atoms with Gasteiger partial charge in [-0.2, -0.15) is 14.0 Å². The molecule has 0 fully saturated rings. The summed E-state index contributed by atoms with van der Waals surface area (Å²) in [6.45, 7) is -3.12. The Morgan fingerprint density at radius 1 is 1.17 bits per heavy atom. The van der Waals surface area contributed by atoms with E-state index in [0.717, 1.165) is 0 Å². The maximum absolute atomic E-state index is 12.3. The first-order chi connectivity index (χ1) is 11.6. The third kappa shape index (κ3) is 5.25. The van der Waals surface area contributed by atoms with Crippen LogP contribution in [0.3, 0.4) is 0 Å². The molecule has 5 nitrogen and oxygen atoms in total. The lowest BCUT2D eigenvalue weighted by atomic mass is 10.2. The summed E-state index contributed by atoms with van der Waals surface area (Å²) in [5.74, 6) is 0.0533. The topological polar surface area (TPSA) is 71.3 Å². The van der Waals surface area contributed by atoms with Crippen molar-refractivity contribution < 1.29 is 23.0 Å². The van der Waals surface area contributed by atoms with E-state index in [-0.39, 0.29) is 18.9 Å². The van der Waals surface area contributed by atoms with Crippen LogP contribution in [-0.4, -0.2) is 19.1 Å². The van der Waals surface area contributed by atoms with E-state index in [4.69, 9.17) is 10.00 Å². The first-order valence-electron chi connectivity index (χ1n) is 7.01. The van der Waals surface area contributed by atoms with Crippen molar-refractivity contribution in [1.82, 2.24) is 5.32 Å². The van der Waals surface area contributed by atoms with Gasteiger partial charge in [-0.15, -0.1) is 0 Å². The van der Waals surface area contributed by atoms with Crippen LogP contribution in [0.4, 0.5) is 8.78 Å². The van der Waals surface area contributed by atoms with Gasteiger partial charge in [-0.3, -0.25) is 4.79 Å². The summed E-state index contributed by atoms with van der Waals surface area (Å²) in [5, 5.41) is 11.3. The Morgan fingerprint density at radius 2 is 1.88 bits per heavy atom. The second-order valence-electron chi connectivity index (χ2n) is 4.69. The van der Waals surface area contributed by atoms with Gasteiger partial charge in [0.05, 0.1) is 11.6 Å². The molecular weight excluding hydrogens is 318 g/mol. The van der Waals surface area contributed by atoms with Crippen molar-refractivity contribution >= 4 is 5.91 Å². The minimum Gasteiger partial charge on any atom is -0.484 e. The molecule has 0 unspecified atom stereocenters. The molecule has 2 aromatic carbocycles. The first kappa shape index (κ1) is 17.2. The average molecular weight is 332 g/mol. The molecule has 0 spiro atoms. The van der Waals surface area contributed by atoms with Crippen LogP contribution >= 0.6 is 0 Å². The van der Waals surface area contributed by atoms with Crippen molar-refractivity contribution in [1.29, 1.82) is 5.26 Å². The zero-order valence-electron chi connectivity index (χ0n) is 12.5. The van der Waals surface area contributed by atoms with Crippen LogP contribution in [-0.2, 0) is 11.3 Å². The Balaban J connectivity index is 1.84. The van der Waals surface area contributed by atoms with Gasteiger partial charge >= 0.3 is 6.61 Å². The van der Waals surface area contributed by atoms with Crippen molar-refractivity contribution in [3.63, 3.8) is 0 Å². The average Bonchev–Trinajstić information content (AvgIpc) is 2.59. The number of carbonyl (C=O) groups excluding carboxylic acids is 1. The van der Waals surface area contributed by atoms with E-state index in [0.29, 0.717) is 16.9 Å². The number of carbonyl (C=O) groups is 1. The van der Waals surface area contributed by atoms with Crippen molar-refractivity contribution in [3.05, 3.63) is 59.7 Å². The Kier molecular flexibility index (Phi) is 6.08. The Morgan fingerprint density at radius 3 is 2.54 bits per heavy atom. The molecule has 1 N–H and O–H groups in total. The summed E-state index contributed by atoms with van der Waals surface area (Å²) in [7, 11) is 0. The van der Waals surface area contributed by atoms with E-state index in [2.05, 4.69) is 10.1 Å². The number of para-hydroxylation sites is 1. The van der Waals surface area contributed by atoms with Crippen LogP contribution in [0.15, 0.2) is 48.5 Å². The highest BCUT2D eigenvalue weighted by molar-refractivity contribution is 5.77. The molecule has 0 aromatic heterocycles. The number of ether oxygens (including phenoxy) is 2. The number of benzene rings is 2. The molecular formula is C17H14F2N2O3. The predicted octanol–water partition coefficient (Wildman–Crippen LogP) is 2.85. The molecule has 24 heavy (non-hydrogen) atoms. The number of nitriles is 1. The highest BCUT2D eigenvalue weighted by atomic mass is 19.3. The van der Waals surface area contributed by atoms with Gasteiger partial charge in [0.1, 0.15) is 11.5 Å². The van der Waals surface area contributed by atoms with E-state index in [9.17, 15) is 13.6 Å². The summed E-state index contributed by atoms with van der Waals surface area (Å²) in [4.78, 5) is 11.8. The largest absolute Gasteiger partial charge is 0.484 e. The van der Waals surface area contributed by atoms with Crippen LogP contribution in [0.2, 0.25) is 0 Å². The smallest absolute Gasteiger partial charge is 0.387 e. The normalized spacial score (nSPS) is 10.1. The molecule has 0 saturated carbocycles. The number of halogens is 2. The fourth-order valence-corrected chi connectivity index (χ4v) is 1.88. The van der Waals surface area contributed by atoms with Crippen molar-refractivity contribution in [3.8, 4) is 17.6 Å². The fourth-order valence-electron chi connectivity index (χ4n) is 1.88. The summed E-state index contributed by atoms with van der Waals surface area (Å²) in [6, 6.07) is 14.5. The SMILES string of the molecule is N#Cc1ccc(OCC(=O)NCc2ccccc2OC(F)F)cc1. The van der Waals surface area contributed by atoms with Gasteiger partial charge in [-0.1, -0.05) is 18.2 Å². The zero-order valence-corrected chi connectivity index (χ0v) is 12.5. The van der Waals surface area contributed by atoms with Gasteiger partial charge in [0, 0.05) is 12.1 Å².